The number of primary amides is 1. The first-order valence-electron chi connectivity index (χ1n) is 8.75. The van der Waals surface area contributed by atoms with Crippen molar-refractivity contribution in [2.45, 2.75) is 31.8 Å². The molecule has 0 aromatic carbocycles. The maximum atomic E-state index is 12.7. The van der Waals surface area contributed by atoms with Crippen molar-refractivity contribution in [3.63, 3.8) is 0 Å². The van der Waals surface area contributed by atoms with E-state index in [1.807, 2.05) is 0 Å². The molecule has 0 aliphatic carbocycles. The number of hydrogen-bond acceptors (Lipinski definition) is 5. The summed E-state index contributed by atoms with van der Waals surface area (Å²) >= 11 is 0. The highest BCUT2D eigenvalue weighted by molar-refractivity contribution is 6.02. The first kappa shape index (κ1) is 18.8. The van der Waals surface area contributed by atoms with E-state index in [0.717, 1.165) is 0 Å². The van der Waals surface area contributed by atoms with Gasteiger partial charge in [0.1, 0.15) is 6.04 Å². The zero-order chi connectivity index (χ0) is 19.7. The minimum atomic E-state index is -0.672. The van der Waals surface area contributed by atoms with Crippen LogP contribution in [0.25, 0.3) is 0 Å². The molecule has 2 aliphatic heterocycles. The van der Waals surface area contributed by atoms with Crippen LogP contribution in [0, 0.1) is 17.5 Å². The molecule has 27 heavy (non-hydrogen) atoms. The fourth-order valence-corrected chi connectivity index (χ4v) is 3.57. The van der Waals surface area contributed by atoms with Crippen molar-refractivity contribution < 1.29 is 23.9 Å². The zero-order valence-corrected chi connectivity index (χ0v) is 14.9. The van der Waals surface area contributed by atoms with E-state index in [-0.39, 0.29) is 36.6 Å². The molecule has 143 valence electrons. The molecular formula is C18H21N4O5. The van der Waals surface area contributed by atoms with Gasteiger partial charge in [-0.2, -0.15) is 4.73 Å². The third kappa shape index (κ3) is 3.62. The van der Waals surface area contributed by atoms with Crippen molar-refractivity contribution in [3.8, 4) is 0 Å². The van der Waals surface area contributed by atoms with Crippen LogP contribution in [0.4, 0.5) is 0 Å². The highest BCUT2D eigenvalue weighted by Gasteiger charge is 2.51. The average molecular weight is 373 g/mol. The van der Waals surface area contributed by atoms with Crippen molar-refractivity contribution in [2.24, 2.45) is 11.7 Å². The Morgan fingerprint density at radius 3 is 2.63 bits per heavy atom. The van der Waals surface area contributed by atoms with Gasteiger partial charge in [0.05, 0.1) is 24.6 Å². The molecule has 9 heteroatoms. The lowest BCUT2D eigenvalue weighted by Gasteiger charge is -2.24. The second-order valence-corrected chi connectivity index (χ2v) is 6.92. The van der Waals surface area contributed by atoms with Crippen molar-refractivity contribution >= 4 is 23.5 Å². The molecular weight excluding hydrogens is 352 g/mol. The maximum absolute atomic E-state index is 12.7. The van der Waals surface area contributed by atoms with Crippen molar-refractivity contribution in [1.29, 1.82) is 0 Å². The van der Waals surface area contributed by atoms with Gasteiger partial charge in [-0.15, -0.1) is 0 Å². The molecule has 0 saturated carbocycles. The van der Waals surface area contributed by atoms with E-state index < -0.39 is 17.9 Å². The van der Waals surface area contributed by atoms with Crippen LogP contribution in [0.2, 0.25) is 0 Å². The minimum Gasteiger partial charge on any atom is -0.619 e. The molecule has 0 spiro atoms. The number of hydrogen-bond donors (Lipinski definition) is 1. The smallest absolute Gasteiger partial charge is 0.255 e. The summed E-state index contributed by atoms with van der Waals surface area (Å²) in [5.74, 6) is -1.81. The van der Waals surface area contributed by atoms with Gasteiger partial charge in [0, 0.05) is 24.6 Å². The molecule has 2 fully saturated rings. The van der Waals surface area contributed by atoms with Gasteiger partial charge in [0.2, 0.25) is 11.8 Å². The van der Waals surface area contributed by atoms with Gasteiger partial charge in [0.25, 0.3) is 5.91 Å². The Kier molecular flexibility index (Phi) is 5.11. The van der Waals surface area contributed by atoms with Crippen LogP contribution in [-0.4, -0.2) is 58.5 Å². The van der Waals surface area contributed by atoms with Crippen molar-refractivity contribution in [2.75, 3.05) is 13.1 Å². The SMILES string of the molecule is CC(C[CH]C(=O)N1CCC2C1C(=O)CN2C(=O)c1cc[n+]([O-])cc1)C(N)=O. The van der Waals surface area contributed by atoms with Crippen LogP contribution in [-0.2, 0) is 14.4 Å². The normalized spacial score (nSPS) is 22.6. The maximum Gasteiger partial charge on any atom is 0.255 e. The molecule has 1 radical (unpaired) electrons. The summed E-state index contributed by atoms with van der Waals surface area (Å²) < 4.78 is 0.577. The molecule has 9 nitrogen and oxygen atoms in total. The molecule has 3 heterocycles. The third-order valence-corrected chi connectivity index (χ3v) is 5.15. The van der Waals surface area contributed by atoms with Crippen LogP contribution in [0.15, 0.2) is 24.5 Å². The average Bonchev–Trinajstić information content (AvgIpc) is 3.21. The van der Waals surface area contributed by atoms with E-state index in [1.165, 1.54) is 40.7 Å². The molecule has 1 aromatic rings. The number of amides is 3. The second-order valence-electron chi connectivity index (χ2n) is 6.92. The van der Waals surface area contributed by atoms with Crippen LogP contribution in [0.3, 0.4) is 0 Å². The van der Waals surface area contributed by atoms with E-state index in [0.29, 0.717) is 23.3 Å². The van der Waals surface area contributed by atoms with Gasteiger partial charge < -0.3 is 20.7 Å². The van der Waals surface area contributed by atoms with E-state index >= 15 is 0 Å². The molecule has 0 bridgehead atoms. The van der Waals surface area contributed by atoms with Crippen molar-refractivity contribution in [3.05, 3.63) is 41.7 Å². The highest BCUT2D eigenvalue weighted by atomic mass is 16.5. The molecule has 2 saturated heterocycles. The number of likely N-dealkylation sites (tertiary alicyclic amines) is 2. The quantitative estimate of drug-likeness (QED) is 0.525. The Morgan fingerprint density at radius 1 is 1.33 bits per heavy atom. The van der Waals surface area contributed by atoms with E-state index in [9.17, 15) is 24.4 Å². The first-order chi connectivity index (χ1) is 12.8. The summed E-state index contributed by atoms with van der Waals surface area (Å²) in [5.41, 5.74) is 5.52. The Bertz CT molecular complexity index is 778. The summed E-state index contributed by atoms with van der Waals surface area (Å²) in [6.07, 6.45) is 4.53. The summed E-state index contributed by atoms with van der Waals surface area (Å²) in [6.45, 7) is 1.92. The standard InChI is InChI=1S/C18H21N4O5/c1-11(17(19)25)2-3-15(24)21-9-6-13-16(21)14(23)10-22(13)18(26)12-4-7-20(27)8-5-12/h3-5,7-8,11,13,16H,2,6,9-10H2,1H3,(H2,19,25). The topological polar surface area (TPSA) is 128 Å². The molecule has 2 N–H and O–H groups in total. The number of carbonyl (C=O) groups excluding carboxylic acids is 4. The Hall–Kier alpha value is -2.97. The summed E-state index contributed by atoms with van der Waals surface area (Å²) in [6, 6.07) is 1.76. The lowest BCUT2D eigenvalue weighted by molar-refractivity contribution is -0.605. The van der Waals surface area contributed by atoms with Crippen LogP contribution in [0.5, 0.6) is 0 Å². The fourth-order valence-electron chi connectivity index (χ4n) is 3.57. The predicted octanol–water partition coefficient (Wildman–Crippen LogP) is -0.970. The highest BCUT2D eigenvalue weighted by Crippen LogP contribution is 2.31. The second kappa shape index (κ2) is 7.34. The number of Topliss-reactive ketones (excluding diaryl/α,β-unsaturated/α-hetero) is 1. The largest absolute Gasteiger partial charge is 0.619 e. The number of pyridine rings is 1. The number of nitrogens with zero attached hydrogens (tertiary/aromatic N) is 3. The first-order valence-corrected chi connectivity index (χ1v) is 8.75. The van der Waals surface area contributed by atoms with Gasteiger partial charge in [-0.1, -0.05) is 6.92 Å². The number of fused-ring (bicyclic) bond motifs is 1. The fraction of sp³-hybridized carbons (Fsp3) is 0.444. The number of aromatic nitrogens is 1. The molecule has 3 unspecified atom stereocenters. The monoisotopic (exact) mass is 373 g/mol. The van der Waals surface area contributed by atoms with Gasteiger partial charge in [-0.3, -0.25) is 19.2 Å². The number of carbonyl (C=O) groups is 4. The van der Waals surface area contributed by atoms with Gasteiger partial charge in [0.15, 0.2) is 18.2 Å². The Labute approximate surface area is 156 Å². The van der Waals surface area contributed by atoms with Gasteiger partial charge in [-0.05, 0) is 12.8 Å². The number of ketones is 1. The Balaban J connectivity index is 1.69. The van der Waals surface area contributed by atoms with Crippen molar-refractivity contribution in [1.82, 2.24) is 9.80 Å². The molecule has 1 aromatic heterocycles. The van der Waals surface area contributed by atoms with Crippen LogP contribution in [0.1, 0.15) is 30.1 Å². The molecule has 3 rings (SSSR count). The number of rotatable bonds is 5. The third-order valence-electron chi connectivity index (χ3n) is 5.15. The van der Waals surface area contributed by atoms with Gasteiger partial charge in [-0.25, -0.2) is 0 Å². The minimum absolute atomic E-state index is 0.0676. The zero-order valence-electron chi connectivity index (χ0n) is 14.9. The van der Waals surface area contributed by atoms with Crippen LogP contribution >= 0.6 is 0 Å². The molecule has 3 atom stereocenters. The lowest BCUT2D eigenvalue weighted by Crippen LogP contribution is -2.44. The lowest BCUT2D eigenvalue weighted by atomic mass is 10.0. The predicted molar refractivity (Wildman–Crippen MR) is 92.6 cm³/mol. The molecule has 2 aliphatic rings. The van der Waals surface area contributed by atoms with Crippen LogP contribution < -0.4 is 10.5 Å². The van der Waals surface area contributed by atoms with E-state index in [1.54, 1.807) is 6.92 Å². The summed E-state index contributed by atoms with van der Waals surface area (Å²) in [5, 5.41) is 11.1. The molecule has 3 amide bonds. The summed E-state index contributed by atoms with van der Waals surface area (Å²) in [7, 11) is 0. The van der Waals surface area contributed by atoms with E-state index in [2.05, 4.69) is 0 Å². The summed E-state index contributed by atoms with van der Waals surface area (Å²) in [4.78, 5) is 51.7. The Morgan fingerprint density at radius 2 is 2.00 bits per heavy atom. The van der Waals surface area contributed by atoms with E-state index in [4.69, 9.17) is 5.73 Å². The number of nitrogens with two attached hydrogens (primary N) is 1. The van der Waals surface area contributed by atoms with Gasteiger partial charge >= 0.3 is 0 Å².